The number of aromatic nitrogens is 3. The molecular formula is C26H29N6O5S3+. The molecule has 210 valence electrons. The topological polar surface area (TPSA) is 157 Å². The van der Waals surface area contributed by atoms with Crippen LogP contribution in [0.3, 0.4) is 0 Å². The van der Waals surface area contributed by atoms with E-state index in [1.807, 2.05) is 36.6 Å². The largest absolute Gasteiger partial charge is 0.321 e. The van der Waals surface area contributed by atoms with Crippen LogP contribution in [0.2, 0.25) is 0 Å². The smallest absolute Gasteiger partial charge is 0.290 e. The van der Waals surface area contributed by atoms with Gasteiger partial charge < -0.3 is 5.32 Å². The van der Waals surface area contributed by atoms with Crippen molar-refractivity contribution in [3.05, 3.63) is 82.9 Å². The van der Waals surface area contributed by atoms with Gasteiger partial charge in [-0.1, -0.05) is 55.5 Å². The van der Waals surface area contributed by atoms with Crippen LogP contribution in [-0.2, 0) is 51.3 Å². The normalized spacial score (nSPS) is 12.4. The summed E-state index contributed by atoms with van der Waals surface area (Å²) in [4.78, 5) is 12.7. The maximum Gasteiger partial charge on any atom is 0.290 e. The lowest BCUT2D eigenvalue weighted by atomic mass is 10.0. The molecule has 0 radical (unpaired) electrons. The fourth-order valence-electron chi connectivity index (χ4n) is 4.06. The predicted octanol–water partition coefficient (Wildman–Crippen LogP) is 2.14. The minimum absolute atomic E-state index is 0.102. The van der Waals surface area contributed by atoms with E-state index in [-0.39, 0.29) is 22.1 Å². The van der Waals surface area contributed by atoms with Crippen molar-refractivity contribution in [2.24, 2.45) is 16.6 Å². The highest BCUT2D eigenvalue weighted by atomic mass is 32.2. The van der Waals surface area contributed by atoms with Gasteiger partial charge in [0.2, 0.25) is 15.7 Å². The SMILES string of the molecule is CCc1cc(-c2ccccc2)cc(CC)[n+]1CC(=O)Nc1ccc(S(=O)(=O)/N=c2\sc(S(N)(=O)=O)nn2C)cc1. The number of benzene rings is 2. The average molecular weight is 602 g/mol. The van der Waals surface area contributed by atoms with E-state index in [9.17, 15) is 21.6 Å². The molecule has 2 aromatic heterocycles. The van der Waals surface area contributed by atoms with E-state index >= 15 is 0 Å². The molecular weight excluding hydrogens is 573 g/mol. The molecule has 14 heteroatoms. The summed E-state index contributed by atoms with van der Waals surface area (Å²) in [7, 11) is -6.92. The van der Waals surface area contributed by atoms with Gasteiger partial charge in [-0.2, -0.15) is 13.0 Å². The number of primary sulfonamides is 1. The Labute approximate surface area is 236 Å². The Balaban J connectivity index is 1.53. The Morgan fingerprint density at radius 1 is 0.975 bits per heavy atom. The highest BCUT2D eigenvalue weighted by Gasteiger charge is 2.22. The van der Waals surface area contributed by atoms with Gasteiger partial charge in [0, 0.05) is 37.7 Å². The number of amides is 1. The lowest BCUT2D eigenvalue weighted by Crippen LogP contribution is -2.47. The van der Waals surface area contributed by atoms with Crippen LogP contribution in [0.4, 0.5) is 5.69 Å². The van der Waals surface area contributed by atoms with Crippen LogP contribution in [0.5, 0.6) is 0 Å². The molecule has 0 aliphatic heterocycles. The summed E-state index contributed by atoms with van der Waals surface area (Å²) in [5.41, 5.74) is 4.68. The van der Waals surface area contributed by atoms with Crippen LogP contribution in [-0.4, -0.2) is 32.5 Å². The van der Waals surface area contributed by atoms with Gasteiger partial charge in [0.1, 0.15) is 0 Å². The standard InChI is InChI=1S/C26H28N6O5S3/c1-4-21-15-19(18-9-7-6-8-10-18)16-22(5-2)32(21)17-24(33)28-20-11-13-23(14-12-20)40(36,37)30-25-31(3)29-26(38-25)39(27,34)35/h6-16H,4-5,17H2,1-3H3,(H2-,27,28,33,34,35)/p+1/b30-25-. The first-order valence-electron chi connectivity index (χ1n) is 12.3. The second kappa shape index (κ2) is 11.8. The van der Waals surface area contributed by atoms with Crippen LogP contribution in [0, 0.1) is 0 Å². The minimum Gasteiger partial charge on any atom is -0.321 e. The molecule has 0 bridgehead atoms. The zero-order valence-corrected chi connectivity index (χ0v) is 24.6. The number of sulfonamides is 2. The van der Waals surface area contributed by atoms with E-state index in [1.54, 1.807) is 0 Å². The summed E-state index contributed by atoms with van der Waals surface area (Å²) >= 11 is 0.540. The third-order valence-corrected chi connectivity index (χ3v) is 9.74. The summed E-state index contributed by atoms with van der Waals surface area (Å²) in [6, 6.07) is 19.8. The molecule has 4 aromatic rings. The lowest BCUT2D eigenvalue weighted by Gasteiger charge is -2.11. The summed E-state index contributed by atoms with van der Waals surface area (Å²) in [6.45, 7) is 4.19. The summed E-state index contributed by atoms with van der Waals surface area (Å²) in [5, 5.41) is 11.6. The van der Waals surface area contributed by atoms with E-state index < -0.39 is 24.4 Å². The molecule has 0 aliphatic rings. The van der Waals surface area contributed by atoms with Crippen molar-refractivity contribution in [1.82, 2.24) is 9.78 Å². The Morgan fingerprint density at radius 3 is 2.10 bits per heavy atom. The molecule has 11 nitrogen and oxygen atoms in total. The van der Waals surface area contributed by atoms with Gasteiger partial charge in [0.05, 0.1) is 4.90 Å². The first-order valence-corrected chi connectivity index (χ1v) is 16.1. The highest BCUT2D eigenvalue weighted by molar-refractivity contribution is 7.91. The number of aryl methyl sites for hydroxylation is 3. The molecule has 40 heavy (non-hydrogen) atoms. The highest BCUT2D eigenvalue weighted by Crippen LogP contribution is 2.21. The van der Waals surface area contributed by atoms with Crippen molar-refractivity contribution in [2.75, 3.05) is 5.32 Å². The van der Waals surface area contributed by atoms with Gasteiger partial charge in [0.25, 0.3) is 26.0 Å². The van der Waals surface area contributed by atoms with Crippen LogP contribution in [0.1, 0.15) is 25.2 Å². The van der Waals surface area contributed by atoms with E-state index in [2.05, 4.69) is 39.1 Å². The number of carbonyl (C=O) groups excluding carboxylic acids is 1. The molecule has 0 aliphatic carbocycles. The van der Waals surface area contributed by atoms with E-state index in [0.29, 0.717) is 17.0 Å². The number of hydrogen-bond acceptors (Lipinski definition) is 7. The molecule has 0 atom stereocenters. The van der Waals surface area contributed by atoms with E-state index in [0.717, 1.165) is 40.0 Å². The number of hydrogen-bond donors (Lipinski definition) is 2. The Bertz CT molecular complexity index is 1800. The molecule has 0 fully saturated rings. The van der Waals surface area contributed by atoms with Gasteiger partial charge in [-0.05, 0) is 35.4 Å². The Morgan fingerprint density at radius 2 is 1.57 bits per heavy atom. The third kappa shape index (κ3) is 6.70. The van der Waals surface area contributed by atoms with E-state index in [4.69, 9.17) is 5.14 Å². The molecule has 0 unspecified atom stereocenters. The van der Waals surface area contributed by atoms with Crippen molar-refractivity contribution in [3.63, 3.8) is 0 Å². The van der Waals surface area contributed by atoms with Crippen LogP contribution < -0.4 is 19.8 Å². The minimum atomic E-state index is -4.18. The molecule has 2 aromatic carbocycles. The number of nitrogens with zero attached hydrogens (tertiary/aromatic N) is 4. The molecule has 0 spiro atoms. The van der Waals surface area contributed by atoms with Gasteiger partial charge in [-0.15, -0.1) is 9.50 Å². The number of pyridine rings is 1. The summed E-state index contributed by atoms with van der Waals surface area (Å²) in [6.07, 6.45) is 1.49. The van der Waals surface area contributed by atoms with Gasteiger partial charge in [-0.3, -0.25) is 4.79 Å². The molecule has 2 heterocycles. The maximum absolute atomic E-state index is 13.0. The number of nitrogens with one attached hydrogen (secondary N) is 1. The van der Waals surface area contributed by atoms with Gasteiger partial charge in [-0.25, -0.2) is 18.2 Å². The van der Waals surface area contributed by atoms with Crippen molar-refractivity contribution in [2.45, 2.75) is 42.5 Å². The van der Waals surface area contributed by atoms with E-state index in [1.165, 1.54) is 31.3 Å². The van der Waals surface area contributed by atoms with Crippen molar-refractivity contribution >= 4 is 43.0 Å². The zero-order chi connectivity index (χ0) is 29.1. The number of nitrogens with two attached hydrogens (primary N) is 1. The van der Waals surface area contributed by atoms with Crippen molar-refractivity contribution < 1.29 is 26.2 Å². The molecule has 4 rings (SSSR count). The number of rotatable bonds is 9. The fraction of sp³-hybridized carbons (Fsp3) is 0.231. The first-order chi connectivity index (χ1) is 18.9. The van der Waals surface area contributed by atoms with Gasteiger partial charge in [0.15, 0.2) is 11.4 Å². The average Bonchev–Trinajstić information content (AvgIpc) is 3.29. The molecule has 3 N–H and O–H groups in total. The fourth-order valence-corrected chi connectivity index (χ4v) is 6.83. The Hall–Kier alpha value is -3.72. The number of anilines is 1. The zero-order valence-electron chi connectivity index (χ0n) is 22.1. The monoisotopic (exact) mass is 601 g/mol. The Kier molecular flexibility index (Phi) is 8.63. The second-order valence-corrected chi connectivity index (χ2v) is 13.1. The van der Waals surface area contributed by atoms with Crippen molar-refractivity contribution in [3.8, 4) is 11.1 Å². The number of carbonyl (C=O) groups is 1. The second-order valence-electron chi connectivity index (χ2n) is 8.84. The molecule has 0 saturated heterocycles. The van der Waals surface area contributed by atoms with Crippen LogP contribution >= 0.6 is 11.3 Å². The molecule has 0 saturated carbocycles. The summed E-state index contributed by atoms with van der Waals surface area (Å²) < 4.78 is 54.8. The van der Waals surface area contributed by atoms with Crippen LogP contribution in [0.15, 0.2) is 80.4 Å². The van der Waals surface area contributed by atoms with Crippen molar-refractivity contribution in [1.29, 1.82) is 0 Å². The van der Waals surface area contributed by atoms with Crippen LogP contribution in [0.25, 0.3) is 11.1 Å². The lowest BCUT2D eigenvalue weighted by molar-refractivity contribution is -0.698. The first kappa shape index (κ1) is 29.3. The third-order valence-electron chi connectivity index (χ3n) is 6.04. The quantitative estimate of drug-likeness (QED) is 0.280. The predicted molar refractivity (Wildman–Crippen MR) is 151 cm³/mol. The summed E-state index contributed by atoms with van der Waals surface area (Å²) in [5.74, 6) is -0.255. The maximum atomic E-state index is 13.0. The molecule has 1 amide bonds. The van der Waals surface area contributed by atoms with Gasteiger partial charge >= 0.3 is 0 Å².